The highest BCUT2D eigenvalue weighted by atomic mass is 16.5. The number of aromatic nitrogens is 2. The quantitative estimate of drug-likeness (QED) is 0.673. The average molecular weight is 196 g/mol. The SMILES string of the molecule is CC(C)(C)n1[nH]c2c(c1=O)COCC2. The van der Waals surface area contributed by atoms with Crippen molar-refractivity contribution < 1.29 is 4.74 Å². The molecule has 1 aliphatic rings. The molecule has 1 aliphatic heterocycles. The molecule has 0 atom stereocenters. The van der Waals surface area contributed by atoms with Crippen LogP contribution in [0.25, 0.3) is 0 Å². The van der Waals surface area contributed by atoms with E-state index in [1.54, 1.807) is 4.68 Å². The minimum absolute atomic E-state index is 0.0622. The Morgan fingerprint density at radius 3 is 2.71 bits per heavy atom. The first-order chi connectivity index (χ1) is 6.50. The first-order valence-electron chi connectivity index (χ1n) is 4.91. The molecule has 0 amide bonds. The summed E-state index contributed by atoms with van der Waals surface area (Å²) < 4.78 is 6.96. The van der Waals surface area contributed by atoms with Crippen molar-refractivity contribution in [3.63, 3.8) is 0 Å². The van der Waals surface area contributed by atoms with E-state index in [1.807, 2.05) is 20.8 Å². The number of H-pyrrole nitrogens is 1. The lowest BCUT2D eigenvalue weighted by Crippen LogP contribution is -2.33. The largest absolute Gasteiger partial charge is 0.376 e. The van der Waals surface area contributed by atoms with Crippen molar-refractivity contribution in [2.24, 2.45) is 0 Å². The molecule has 1 aromatic rings. The minimum atomic E-state index is -0.186. The summed E-state index contributed by atoms with van der Waals surface area (Å²) >= 11 is 0. The zero-order chi connectivity index (χ0) is 10.3. The molecule has 4 heteroatoms. The summed E-state index contributed by atoms with van der Waals surface area (Å²) in [4.78, 5) is 11.9. The Labute approximate surface area is 82.9 Å². The maximum absolute atomic E-state index is 11.9. The van der Waals surface area contributed by atoms with E-state index in [2.05, 4.69) is 5.10 Å². The van der Waals surface area contributed by atoms with E-state index in [4.69, 9.17) is 4.74 Å². The van der Waals surface area contributed by atoms with Gasteiger partial charge in [0.15, 0.2) is 0 Å². The Morgan fingerprint density at radius 1 is 1.43 bits per heavy atom. The summed E-state index contributed by atoms with van der Waals surface area (Å²) in [7, 11) is 0. The van der Waals surface area contributed by atoms with Crippen LogP contribution in [0.1, 0.15) is 32.0 Å². The fraction of sp³-hybridized carbons (Fsp3) is 0.700. The van der Waals surface area contributed by atoms with Gasteiger partial charge in [0.25, 0.3) is 5.56 Å². The lowest BCUT2D eigenvalue weighted by molar-refractivity contribution is 0.109. The van der Waals surface area contributed by atoms with E-state index in [0.717, 1.165) is 17.7 Å². The van der Waals surface area contributed by atoms with Gasteiger partial charge in [-0.05, 0) is 20.8 Å². The zero-order valence-electron chi connectivity index (χ0n) is 8.89. The van der Waals surface area contributed by atoms with Gasteiger partial charge in [-0.3, -0.25) is 9.89 Å². The van der Waals surface area contributed by atoms with Gasteiger partial charge in [0.05, 0.1) is 24.3 Å². The predicted molar refractivity (Wildman–Crippen MR) is 53.4 cm³/mol. The van der Waals surface area contributed by atoms with Crippen molar-refractivity contribution >= 4 is 0 Å². The van der Waals surface area contributed by atoms with Crippen LogP contribution in [0.15, 0.2) is 4.79 Å². The van der Waals surface area contributed by atoms with Gasteiger partial charge in [0, 0.05) is 12.1 Å². The van der Waals surface area contributed by atoms with Crippen LogP contribution in [0.4, 0.5) is 0 Å². The molecule has 0 saturated heterocycles. The molecule has 0 bridgehead atoms. The molecule has 1 N–H and O–H groups in total. The van der Waals surface area contributed by atoms with Crippen molar-refractivity contribution in [3.05, 3.63) is 21.6 Å². The summed E-state index contributed by atoms with van der Waals surface area (Å²) in [6.45, 7) is 7.19. The molecule has 1 aromatic heterocycles. The smallest absolute Gasteiger partial charge is 0.272 e. The third-order valence-electron chi connectivity index (χ3n) is 2.49. The molecular formula is C10H16N2O2. The van der Waals surface area contributed by atoms with Gasteiger partial charge in [0.1, 0.15) is 0 Å². The highest BCUT2D eigenvalue weighted by Gasteiger charge is 2.23. The first-order valence-corrected chi connectivity index (χ1v) is 4.91. The molecule has 78 valence electrons. The fourth-order valence-corrected chi connectivity index (χ4v) is 1.69. The summed E-state index contributed by atoms with van der Waals surface area (Å²) in [5.41, 5.74) is 1.71. The lowest BCUT2D eigenvalue weighted by atomic mass is 10.1. The number of nitrogens with zero attached hydrogens (tertiary/aromatic N) is 1. The van der Waals surface area contributed by atoms with Crippen LogP contribution in [0, 0.1) is 0 Å². The molecule has 0 saturated carbocycles. The molecule has 2 rings (SSSR count). The van der Waals surface area contributed by atoms with Crippen molar-refractivity contribution in [2.45, 2.75) is 39.3 Å². The Balaban J connectivity index is 2.55. The monoisotopic (exact) mass is 196 g/mol. The Bertz CT molecular complexity index is 395. The molecule has 14 heavy (non-hydrogen) atoms. The molecule has 0 fully saturated rings. The molecule has 0 spiro atoms. The summed E-state index contributed by atoms with van der Waals surface area (Å²) in [5, 5.41) is 3.17. The van der Waals surface area contributed by atoms with Crippen molar-refractivity contribution in [2.75, 3.05) is 6.61 Å². The second kappa shape index (κ2) is 2.98. The average Bonchev–Trinajstić information content (AvgIpc) is 2.44. The number of hydrogen-bond acceptors (Lipinski definition) is 2. The van der Waals surface area contributed by atoms with Crippen LogP contribution in [0.5, 0.6) is 0 Å². The summed E-state index contributed by atoms with van der Waals surface area (Å²) in [6.07, 6.45) is 0.813. The molecular weight excluding hydrogens is 180 g/mol. The summed E-state index contributed by atoms with van der Waals surface area (Å²) in [6, 6.07) is 0. The van der Waals surface area contributed by atoms with Crippen LogP contribution in [-0.4, -0.2) is 16.4 Å². The van der Waals surface area contributed by atoms with Gasteiger partial charge in [-0.25, -0.2) is 4.68 Å². The van der Waals surface area contributed by atoms with E-state index in [1.165, 1.54) is 0 Å². The molecule has 0 unspecified atom stereocenters. The normalized spacial score (nSPS) is 16.8. The van der Waals surface area contributed by atoms with Crippen LogP contribution < -0.4 is 5.56 Å². The number of nitrogens with one attached hydrogen (secondary N) is 1. The highest BCUT2D eigenvalue weighted by molar-refractivity contribution is 5.19. The first kappa shape index (κ1) is 9.52. The fourth-order valence-electron chi connectivity index (χ4n) is 1.69. The number of rotatable bonds is 0. The Hall–Kier alpha value is -1.03. The van der Waals surface area contributed by atoms with Crippen molar-refractivity contribution in [1.29, 1.82) is 0 Å². The number of aromatic amines is 1. The molecule has 0 radical (unpaired) electrons. The van der Waals surface area contributed by atoms with Crippen LogP contribution >= 0.6 is 0 Å². The standard InChI is InChI=1S/C10H16N2O2/c1-10(2,3)12-9(13)7-6-14-5-4-8(7)11-12/h11H,4-6H2,1-3H3. The van der Waals surface area contributed by atoms with Gasteiger partial charge in [0.2, 0.25) is 0 Å². The topological polar surface area (TPSA) is 47.0 Å². The van der Waals surface area contributed by atoms with Gasteiger partial charge in [-0.2, -0.15) is 0 Å². The number of ether oxygens (including phenoxy) is 1. The van der Waals surface area contributed by atoms with Crippen LogP contribution in [-0.2, 0) is 23.3 Å². The van der Waals surface area contributed by atoms with Crippen LogP contribution in [0.3, 0.4) is 0 Å². The maximum Gasteiger partial charge on any atom is 0.272 e. The molecule has 0 aliphatic carbocycles. The second-order valence-corrected chi connectivity index (χ2v) is 4.68. The third-order valence-corrected chi connectivity index (χ3v) is 2.49. The van der Waals surface area contributed by atoms with Gasteiger partial charge in [-0.1, -0.05) is 0 Å². The van der Waals surface area contributed by atoms with E-state index < -0.39 is 0 Å². The minimum Gasteiger partial charge on any atom is -0.376 e. The van der Waals surface area contributed by atoms with Gasteiger partial charge in [-0.15, -0.1) is 0 Å². The van der Waals surface area contributed by atoms with Crippen molar-refractivity contribution in [1.82, 2.24) is 9.78 Å². The van der Waals surface area contributed by atoms with Crippen LogP contribution in [0.2, 0.25) is 0 Å². The van der Waals surface area contributed by atoms with Gasteiger partial charge < -0.3 is 4.74 Å². The second-order valence-electron chi connectivity index (χ2n) is 4.68. The molecule has 0 aromatic carbocycles. The van der Waals surface area contributed by atoms with Crippen molar-refractivity contribution in [3.8, 4) is 0 Å². The Morgan fingerprint density at radius 2 is 2.14 bits per heavy atom. The van der Waals surface area contributed by atoms with E-state index in [-0.39, 0.29) is 11.1 Å². The van der Waals surface area contributed by atoms with Gasteiger partial charge >= 0.3 is 0 Å². The molecule has 2 heterocycles. The predicted octanol–water partition coefficient (Wildman–Crippen LogP) is 1.00. The third kappa shape index (κ3) is 1.39. The highest BCUT2D eigenvalue weighted by Crippen LogP contribution is 2.15. The zero-order valence-corrected chi connectivity index (χ0v) is 8.89. The van der Waals surface area contributed by atoms with E-state index in [9.17, 15) is 4.79 Å². The van der Waals surface area contributed by atoms with E-state index >= 15 is 0 Å². The number of fused-ring (bicyclic) bond motifs is 1. The Kier molecular flexibility index (Phi) is 2.03. The molecule has 4 nitrogen and oxygen atoms in total. The van der Waals surface area contributed by atoms with E-state index in [0.29, 0.717) is 13.2 Å². The summed E-state index contributed by atoms with van der Waals surface area (Å²) in [5.74, 6) is 0. The lowest BCUT2D eigenvalue weighted by Gasteiger charge is -2.19. The maximum atomic E-state index is 11.9. The number of hydrogen-bond donors (Lipinski definition) is 1.